The molecule has 1 saturated heterocycles. The Balaban J connectivity index is 1.66. The first-order valence-electron chi connectivity index (χ1n) is 7.95. The van der Waals surface area contributed by atoms with E-state index in [1.807, 2.05) is 6.07 Å². The third-order valence-electron chi connectivity index (χ3n) is 4.46. The van der Waals surface area contributed by atoms with E-state index in [0.717, 1.165) is 18.7 Å². The van der Waals surface area contributed by atoms with Crippen LogP contribution in [0.2, 0.25) is 0 Å². The molecule has 1 fully saturated rings. The third kappa shape index (κ3) is 3.44. The molecule has 0 radical (unpaired) electrons. The molecule has 2 N–H and O–H groups in total. The number of nitrogens with zero attached hydrogens (tertiary/aromatic N) is 3. The zero-order valence-corrected chi connectivity index (χ0v) is 13.5. The first kappa shape index (κ1) is 15.7. The molecule has 3 rings (SSSR count). The van der Waals surface area contributed by atoms with Gasteiger partial charge in [-0.1, -0.05) is 12.2 Å². The number of nitrogens with one attached hydrogen (secondary N) is 2. The van der Waals surface area contributed by atoms with Crippen LogP contribution in [0.5, 0.6) is 0 Å². The monoisotopic (exact) mass is 317 g/mol. The van der Waals surface area contributed by atoms with E-state index < -0.39 is 0 Å². The summed E-state index contributed by atoms with van der Waals surface area (Å²) in [5.41, 5.74) is 0. The number of ether oxygens (including phenoxy) is 1. The first-order valence-corrected chi connectivity index (χ1v) is 7.95. The van der Waals surface area contributed by atoms with Crippen molar-refractivity contribution in [3.05, 3.63) is 24.4 Å². The molecule has 1 aliphatic carbocycles. The van der Waals surface area contributed by atoms with E-state index >= 15 is 0 Å². The normalized spacial score (nSPS) is 24.2. The van der Waals surface area contributed by atoms with E-state index in [4.69, 9.17) is 4.74 Å². The number of aromatic nitrogens is 2. The largest absolute Gasteiger partial charge is 0.377 e. The van der Waals surface area contributed by atoms with E-state index in [1.165, 1.54) is 0 Å². The molecule has 0 bridgehead atoms. The van der Waals surface area contributed by atoms with Crippen LogP contribution in [0.4, 0.5) is 11.8 Å². The minimum atomic E-state index is -0.0405. The summed E-state index contributed by atoms with van der Waals surface area (Å²) in [5.74, 6) is 1.60. The van der Waals surface area contributed by atoms with Gasteiger partial charge in [-0.05, 0) is 18.9 Å². The van der Waals surface area contributed by atoms with Gasteiger partial charge < -0.3 is 20.3 Å². The van der Waals surface area contributed by atoms with E-state index in [2.05, 4.69) is 37.7 Å². The molecule has 2 atom stereocenters. The molecule has 7 heteroatoms. The van der Waals surface area contributed by atoms with Gasteiger partial charge in [0.2, 0.25) is 11.9 Å². The van der Waals surface area contributed by atoms with E-state index in [-0.39, 0.29) is 24.0 Å². The molecule has 0 unspecified atom stereocenters. The van der Waals surface area contributed by atoms with Crippen molar-refractivity contribution in [1.82, 2.24) is 15.3 Å². The van der Waals surface area contributed by atoms with Crippen LogP contribution in [0.15, 0.2) is 24.4 Å². The molecule has 124 valence electrons. The zero-order chi connectivity index (χ0) is 16.2. The van der Waals surface area contributed by atoms with Crippen molar-refractivity contribution in [2.75, 3.05) is 37.5 Å². The predicted molar refractivity (Wildman–Crippen MR) is 88.4 cm³/mol. The van der Waals surface area contributed by atoms with Crippen LogP contribution in [-0.4, -0.2) is 55.3 Å². The fourth-order valence-electron chi connectivity index (χ4n) is 3.12. The lowest BCUT2D eigenvalue weighted by Crippen LogP contribution is -2.45. The van der Waals surface area contributed by atoms with Gasteiger partial charge in [-0.2, -0.15) is 4.98 Å². The number of hydrogen-bond donors (Lipinski definition) is 2. The quantitative estimate of drug-likeness (QED) is 0.782. The molecule has 1 aromatic heterocycles. The van der Waals surface area contributed by atoms with Crippen LogP contribution in [0, 0.1) is 5.92 Å². The summed E-state index contributed by atoms with van der Waals surface area (Å²) in [6.45, 7) is 1.38. The number of allylic oxidation sites excluding steroid dienone is 2. The standard InChI is InChI=1S/C16H23N5O2/c1-17-16-18-8-7-14(20-16)21-9-12(13(10-21)23-2)19-15(22)11-5-3-4-6-11/h3-4,7-8,11-13H,5-6,9-10H2,1-2H3,(H,19,22)(H,17,18,20)/t12-,13+/m1/s1. The Bertz CT molecular complexity index is 584. The molecule has 23 heavy (non-hydrogen) atoms. The maximum absolute atomic E-state index is 12.3. The van der Waals surface area contributed by atoms with E-state index in [1.54, 1.807) is 20.4 Å². The van der Waals surface area contributed by atoms with Crippen LogP contribution in [0.25, 0.3) is 0 Å². The highest BCUT2D eigenvalue weighted by Gasteiger charge is 2.36. The molecule has 2 heterocycles. The zero-order valence-electron chi connectivity index (χ0n) is 13.5. The molecule has 1 aromatic rings. The Hall–Kier alpha value is -2.15. The Morgan fingerprint density at radius 3 is 2.83 bits per heavy atom. The fourth-order valence-corrected chi connectivity index (χ4v) is 3.12. The van der Waals surface area contributed by atoms with Crippen molar-refractivity contribution in [3.63, 3.8) is 0 Å². The Morgan fingerprint density at radius 2 is 2.13 bits per heavy atom. The summed E-state index contributed by atoms with van der Waals surface area (Å²) in [6, 6.07) is 1.85. The fraction of sp³-hybridized carbons (Fsp3) is 0.562. The highest BCUT2D eigenvalue weighted by molar-refractivity contribution is 5.80. The summed E-state index contributed by atoms with van der Waals surface area (Å²) >= 11 is 0. The number of carbonyl (C=O) groups excluding carboxylic acids is 1. The van der Waals surface area contributed by atoms with Gasteiger partial charge in [0, 0.05) is 39.4 Å². The van der Waals surface area contributed by atoms with Crippen molar-refractivity contribution in [1.29, 1.82) is 0 Å². The van der Waals surface area contributed by atoms with Crippen LogP contribution in [0.3, 0.4) is 0 Å². The van der Waals surface area contributed by atoms with Crippen molar-refractivity contribution >= 4 is 17.7 Å². The first-order chi connectivity index (χ1) is 11.2. The minimum Gasteiger partial charge on any atom is -0.377 e. The second kappa shape index (κ2) is 6.95. The van der Waals surface area contributed by atoms with Gasteiger partial charge in [-0.3, -0.25) is 4.79 Å². The lowest BCUT2D eigenvalue weighted by Gasteiger charge is -2.20. The van der Waals surface area contributed by atoms with E-state index in [0.29, 0.717) is 19.0 Å². The maximum atomic E-state index is 12.3. The van der Waals surface area contributed by atoms with Gasteiger partial charge in [0.1, 0.15) is 5.82 Å². The second-order valence-corrected chi connectivity index (χ2v) is 5.92. The molecular formula is C16H23N5O2. The van der Waals surface area contributed by atoms with Gasteiger partial charge in [0.25, 0.3) is 0 Å². The van der Waals surface area contributed by atoms with Gasteiger partial charge >= 0.3 is 0 Å². The number of anilines is 2. The van der Waals surface area contributed by atoms with Crippen molar-refractivity contribution in [2.45, 2.75) is 25.0 Å². The molecule has 1 aliphatic heterocycles. The van der Waals surface area contributed by atoms with Crippen molar-refractivity contribution in [3.8, 4) is 0 Å². The topological polar surface area (TPSA) is 79.4 Å². The molecule has 0 spiro atoms. The molecule has 0 saturated carbocycles. The summed E-state index contributed by atoms with van der Waals surface area (Å²) in [6.07, 6.45) is 7.49. The summed E-state index contributed by atoms with van der Waals surface area (Å²) < 4.78 is 5.56. The Labute approximate surface area is 136 Å². The average molecular weight is 317 g/mol. The number of hydrogen-bond acceptors (Lipinski definition) is 6. The van der Waals surface area contributed by atoms with Crippen LogP contribution >= 0.6 is 0 Å². The highest BCUT2D eigenvalue weighted by atomic mass is 16.5. The summed E-state index contributed by atoms with van der Waals surface area (Å²) in [5, 5.41) is 6.09. The van der Waals surface area contributed by atoms with Crippen LogP contribution < -0.4 is 15.5 Å². The summed E-state index contributed by atoms with van der Waals surface area (Å²) in [7, 11) is 3.48. The average Bonchev–Trinajstić information content (AvgIpc) is 3.24. The van der Waals surface area contributed by atoms with Gasteiger partial charge in [-0.15, -0.1) is 0 Å². The Morgan fingerprint density at radius 1 is 1.35 bits per heavy atom. The van der Waals surface area contributed by atoms with Crippen LogP contribution in [0.1, 0.15) is 12.8 Å². The molecule has 1 amide bonds. The Kier molecular flexibility index (Phi) is 4.76. The van der Waals surface area contributed by atoms with Gasteiger partial charge in [-0.25, -0.2) is 4.98 Å². The lowest BCUT2D eigenvalue weighted by molar-refractivity contribution is -0.126. The van der Waals surface area contributed by atoms with Crippen molar-refractivity contribution < 1.29 is 9.53 Å². The molecule has 2 aliphatic rings. The molecule has 0 aromatic carbocycles. The number of carbonyl (C=O) groups is 1. The second-order valence-electron chi connectivity index (χ2n) is 5.92. The predicted octanol–water partition coefficient (Wildman–Crippen LogP) is 0.804. The van der Waals surface area contributed by atoms with Gasteiger partial charge in [0.15, 0.2) is 0 Å². The maximum Gasteiger partial charge on any atom is 0.224 e. The summed E-state index contributed by atoms with van der Waals surface area (Å²) in [4.78, 5) is 23.1. The smallest absolute Gasteiger partial charge is 0.224 e. The lowest BCUT2D eigenvalue weighted by atomic mass is 10.1. The van der Waals surface area contributed by atoms with E-state index in [9.17, 15) is 4.79 Å². The van der Waals surface area contributed by atoms with Crippen molar-refractivity contribution in [2.24, 2.45) is 5.92 Å². The minimum absolute atomic E-state index is 0.0268. The molecule has 7 nitrogen and oxygen atoms in total. The third-order valence-corrected chi connectivity index (χ3v) is 4.46. The van der Waals surface area contributed by atoms with Crippen LogP contribution in [-0.2, 0) is 9.53 Å². The SMILES string of the molecule is CNc1nccc(N2C[C@H](OC)[C@H](NC(=O)C3CC=CC3)C2)n1. The number of amides is 1. The highest BCUT2D eigenvalue weighted by Crippen LogP contribution is 2.23. The molecular weight excluding hydrogens is 294 g/mol. The number of methoxy groups -OCH3 is 1. The number of rotatable bonds is 5. The van der Waals surface area contributed by atoms with Gasteiger partial charge in [0.05, 0.1) is 12.1 Å².